The highest BCUT2D eigenvalue weighted by Crippen LogP contribution is 2.64. The van der Waals surface area contributed by atoms with E-state index in [1.54, 1.807) is 18.2 Å². The van der Waals surface area contributed by atoms with Gasteiger partial charge in [-0.25, -0.2) is 0 Å². The van der Waals surface area contributed by atoms with Crippen LogP contribution < -0.4 is 4.90 Å². The minimum absolute atomic E-state index is 0.172. The molecule has 5 heteroatoms. The molecule has 3 aliphatic carbocycles. The van der Waals surface area contributed by atoms with E-state index in [0.29, 0.717) is 11.1 Å². The number of anilines is 3. The summed E-state index contributed by atoms with van der Waals surface area (Å²) in [5, 5.41) is 45.4. The molecular weight excluding hydrogens is 679 g/mol. The average molecular weight is 712 g/mol. The van der Waals surface area contributed by atoms with Crippen molar-refractivity contribution in [1.82, 2.24) is 0 Å². The van der Waals surface area contributed by atoms with E-state index in [0.717, 1.165) is 83.8 Å². The third-order valence-electron chi connectivity index (χ3n) is 11.9. The van der Waals surface area contributed by atoms with Crippen molar-refractivity contribution >= 4 is 17.1 Å². The number of phenols is 2. The molecule has 5 nitrogen and oxygen atoms in total. The van der Waals surface area contributed by atoms with Crippen LogP contribution in [0.4, 0.5) is 17.1 Å². The van der Waals surface area contributed by atoms with Gasteiger partial charge >= 0.3 is 0 Å². The zero-order chi connectivity index (χ0) is 37.1. The lowest BCUT2D eigenvalue weighted by atomic mass is 9.70. The molecule has 3 aliphatic rings. The number of hydrogen-bond acceptors (Lipinski definition) is 5. The van der Waals surface area contributed by atoms with Crippen molar-refractivity contribution in [3.63, 3.8) is 0 Å². The topological polar surface area (TPSA) is 84.2 Å². The van der Waals surface area contributed by atoms with Crippen LogP contribution >= 0.6 is 0 Å². The van der Waals surface area contributed by atoms with Crippen LogP contribution in [0.3, 0.4) is 0 Å². The Balaban J connectivity index is 1.21. The molecular formula is C50H33NO4. The first-order chi connectivity index (χ1) is 26.9. The second-order valence-electron chi connectivity index (χ2n) is 14.7. The number of para-hydroxylation sites is 1. The molecule has 0 aliphatic heterocycles. The van der Waals surface area contributed by atoms with E-state index in [1.165, 1.54) is 0 Å². The highest BCUT2D eigenvalue weighted by molar-refractivity contribution is 5.98. The number of hydrogen-bond donors (Lipinski definition) is 4. The number of benzene rings is 8. The third-order valence-corrected chi connectivity index (χ3v) is 11.9. The molecule has 11 rings (SSSR count). The highest BCUT2D eigenvalue weighted by atomic mass is 16.5. The summed E-state index contributed by atoms with van der Waals surface area (Å²) in [7, 11) is 0. The van der Waals surface area contributed by atoms with E-state index in [2.05, 4.69) is 71.6 Å². The summed E-state index contributed by atoms with van der Waals surface area (Å²) in [5.74, 6) is -1.82. The number of nitrogens with zero attached hydrogens (tertiary/aromatic N) is 1. The van der Waals surface area contributed by atoms with Gasteiger partial charge in [0.1, 0.15) is 11.5 Å². The van der Waals surface area contributed by atoms with Gasteiger partial charge in [0.05, 0.1) is 11.1 Å². The second-order valence-corrected chi connectivity index (χ2v) is 14.7. The quantitative estimate of drug-likeness (QED) is 0.137. The summed E-state index contributed by atoms with van der Waals surface area (Å²) >= 11 is 0. The average Bonchev–Trinajstić information content (AvgIpc) is 3.76. The van der Waals surface area contributed by atoms with Crippen LogP contribution in [0.1, 0.15) is 33.4 Å². The lowest BCUT2D eigenvalue weighted by Gasteiger charge is -2.33. The van der Waals surface area contributed by atoms with E-state index in [9.17, 15) is 20.4 Å². The van der Waals surface area contributed by atoms with Gasteiger partial charge in [-0.05, 0) is 116 Å². The van der Waals surface area contributed by atoms with Crippen molar-refractivity contribution < 1.29 is 20.4 Å². The summed E-state index contributed by atoms with van der Waals surface area (Å²) in [6, 6.07) is 58.0. The van der Waals surface area contributed by atoms with E-state index in [-0.39, 0.29) is 11.5 Å². The SMILES string of the molecule is Oc1ccc2c(c1)C1(c3ccccc3-c3ccc(N(c4ccc5c(c4)C(O)(O)c4ccccc4-5)c4ccccc4-c4ccccc4)cc31)c1cc(O)ccc1-2. The molecule has 55 heavy (non-hydrogen) atoms. The highest BCUT2D eigenvalue weighted by Gasteiger charge is 2.52. The predicted molar refractivity (Wildman–Crippen MR) is 217 cm³/mol. The van der Waals surface area contributed by atoms with E-state index >= 15 is 0 Å². The van der Waals surface area contributed by atoms with Gasteiger partial charge in [0.15, 0.2) is 0 Å². The number of aromatic hydroxyl groups is 2. The first kappa shape index (κ1) is 31.6. The molecule has 0 bridgehead atoms. The predicted octanol–water partition coefficient (Wildman–Crippen LogP) is 10.7. The molecule has 4 N–H and O–H groups in total. The first-order valence-electron chi connectivity index (χ1n) is 18.4. The Bertz CT molecular complexity index is 2840. The minimum atomic E-state index is -2.17. The Hall–Kier alpha value is -6.92. The summed E-state index contributed by atoms with van der Waals surface area (Å²) in [6.07, 6.45) is 0. The molecule has 1 spiro atoms. The molecule has 0 radical (unpaired) electrons. The van der Waals surface area contributed by atoms with Crippen molar-refractivity contribution in [2.75, 3.05) is 4.90 Å². The fourth-order valence-electron chi connectivity index (χ4n) is 9.61. The fraction of sp³-hybridized carbons (Fsp3) is 0.0400. The molecule has 0 saturated heterocycles. The molecule has 262 valence electrons. The van der Waals surface area contributed by atoms with Crippen LogP contribution in [0.25, 0.3) is 44.5 Å². The Morgan fingerprint density at radius 3 is 1.42 bits per heavy atom. The summed E-state index contributed by atoms with van der Waals surface area (Å²) in [5.41, 5.74) is 14.4. The summed E-state index contributed by atoms with van der Waals surface area (Å²) in [4.78, 5) is 2.19. The van der Waals surface area contributed by atoms with Crippen LogP contribution in [0, 0.1) is 0 Å². The monoisotopic (exact) mass is 711 g/mol. The molecule has 0 aromatic heterocycles. The van der Waals surface area contributed by atoms with Crippen LogP contribution in [-0.2, 0) is 11.2 Å². The molecule has 0 heterocycles. The smallest absolute Gasteiger partial charge is 0.218 e. The van der Waals surface area contributed by atoms with Crippen LogP contribution in [0.2, 0.25) is 0 Å². The van der Waals surface area contributed by atoms with E-state index < -0.39 is 11.2 Å². The van der Waals surface area contributed by atoms with Crippen molar-refractivity contribution in [3.8, 4) is 56.0 Å². The Kier molecular flexibility index (Phi) is 6.49. The normalized spacial score (nSPS) is 14.4. The number of rotatable bonds is 4. The van der Waals surface area contributed by atoms with Crippen molar-refractivity contribution in [2.24, 2.45) is 0 Å². The Morgan fingerprint density at radius 2 is 0.782 bits per heavy atom. The number of aliphatic hydroxyl groups is 2. The Morgan fingerprint density at radius 1 is 0.345 bits per heavy atom. The van der Waals surface area contributed by atoms with Crippen LogP contribution in [0.5, 0.6) is 11.5 Å². The molecule has 8 aromatic carbocycles. The minimum Gasteiger partial charge on any atom is -0.508 e. The van der Waals surface area contributed by atoms with E-state index in [1.807, 2.05) is 91.0 Å². The van der Waals surface area contributed by atoms with Crippen molar-refractivity contribution in [2.45, 2.75) is 11.2 Å². The lowest BCUT2D eigenvalue weighted by Crippen LogP contribution is -2.26. The molecule has 8 aromatic rings. The van der Waals surface area contributed by atoms with Crippen LogP contribution in [0.15, 0.2) is 176 Å². The van der Waals surface area contributed by atoms with Gasteiger partial charge in [0, 0.05) is 28.1 Å². The maximum atomic E-state index is 11.7. The second kappa shape index (κ2) is 11.3. The largest absolute Gasteiger partial charge is 0.508 e. The molecule has 0 fully saturated rings. The van der Waals surface area contributed by atoms with Gasteiger partial charge in [-0.3, -0.25) is 0 Å². The van der Waals surface area contributed by atoms with Gasteiger partial charge in [-0.1, -0.05) is 121 Å². The van der Waals surface area contributed by atoms with Gasteiger partial charge in [-0.15, -0.1) is 0 Å². The summed E-state index contributed by atoms with van der Waals surface area (Å²) in [6.45, 7) is 0. The molecule has 0 unspecified atom stereocenters. The lowest BCUT2D eigenvalue weighted by molar-refractivity contribution is -0.128. The zero-order valence-corrected chi connectivity index (χ0v) is 29.5. The van der Waals surface area contributed by atoms with Gasteiger partial charge in [0.2, 0.25) is 5.79 Å². The molecule has 0 saturated carbocycles. The van der Waals surface area contributed by atoms with Gasteiger partial charge < -0.3 is 25.3 Å². The van der Waals surface area contributed by atoms with Crippen molar-refractivity contribution in [1.29, 1.82) is 0 Å². The third kappa shape index (κ3) is 4.25. The standard InChI is InChI=1S/C50H33NO4/c52-33-20-24-39-40-25-21-34(53)29-46(40)49(45(39)28-33)42-15-7-4-13-36(42)38-22-18-31(26-44(38)49)51(48-17-9-6-12-35(48)30-10-2-1-3-11-30)32-19-23-41-37-14-5-8-16-43(37)50(54,55)47(41)27-32/h1-29,52-55H. The Labute approximate surface area is 317 Å². The summed E-state index contributed by atoms with van der Waals surface area (Å²) < 4.78 is 0. The maximum Gasteiger partial charge on any atom is 0.218 e. The number of fused-ring (bicyclic) bond motifs is 13. The molecule has 0 atom stereocenters. The van der Waals surface area contributed by atoms with Crippen LogP contribution in [-0.4, -0.2) is 20.4 Å². The van der Waals surface area contributed by atoms with E-state index in [4.69, 9.17) is 0 Å². The van der Waals surface area contributed by atoms with Crippen molar-refractivity contribution in [3.05, 3.63) is 209 Å². The fourth-order valence-corrected chi connectivity index (χ4v) is 9.61. The first-order valence-corrected chi connectivity index (χ1v) is 18.4. The zero-order valence-electron chi connectivity index (χ0n) is 29.5. The molecule has 0 amide bonds. The maximum absolute atomic E-state index is 11.7. The van der Waals surface area contributed by atoms with Gasteiger partial charge in [-0.2, -0.15) is 0 Å². The number of phenolic OH excluding ortho intramolecular Hbond substituents is 2. The van der Waals surface area contributed by atoms with Gasteiger partial charge in [0.25, 0.3) is 0 Å².